The number of anilines is 2. The normalized spacial score (nSPS) is 11.0. The lowest BCUT2D eigenvalue weighted by molar-refractivity contribution is 0.100. The predicted molar refractivity (Wildman–Crippen MR) is 111 cm³/mol. The number of primary amides is 1. The second kappa shape index (κ2) is 9.45. The topological polar surface area (TPSA) is 113 Å². The molecule has 0 aromatic heterocycles. The Hall–Kier alpha value is -2.49. The lowest BCUT2D eigenvalue weighted by atomic mass is 10.2. The van der Waals surface area contributed by atoms with Gasteiger partial charge in [-0.05, 0) is 61.1 Å². The number of benzene rings is 2. The molecule has 0 unspecified atom stereocenters. The fraction of sp³-hybridized carbons (Fsp3) is 0.222. The Kier molecular flexibility index (Phi) is 7.28. The van der Waals surface area contributed by atoms with E-state index in [0.29, 0.717) is 23.5 Å². The number of thiocarbonyl (C=S) groups is 1. The van der Waals surface area contributed by atoms with Crippen molar-refractivity contribution in [1.29, 1.82) is 0 Å². The number of carbonyl (C=O) groups excluding carboxylic acids is 1. The number of carbonyl (C=O) groups is 1. The van der Waals surface area contributed by atoms with Crippen LogP contribution in [0.3, 0.4) is 0 Å². The maximum absolute atomic E-state index is 12.3. The van der Waals surface area contributed by atoms with Gasteiger partial charge < -0.3 is 16.4 Å². The number of rotatable bonds is 8. The lowest BCUT2D eigenvalue weighted by Gasteiger charge is -2.12. The summed E-state index contributed by atoms with van der Waals surface area (Å²) >= 11 is 5.25. The van der Waals surface area contributed by atoms with Crippen LogP contribution in [0.5, 0.6) is 0 Å². The van der Waals surface area contributed by atoms with Crippen molar-refractivity contribution in [2.45, 2.75) is 24.7 Å². The first-order chi connectivity index (χ1) is 12.8. The second-order valence-electron chi connectivity index (χ2n) is 5.80. The van der Waals surface area contributed by atoms with Crippen LogP contribution in [-0.4, -0.2) is 26.0 Å². The Morgan fingerprint density at radius 2 is 1.74 bits per heavy atom. The third-order valence-electron chi connectivity index (χ3n) is 3.65. The molecule has 7 nitrogen and oxygen atoms in total. The van der Waals surface area contributed by atoms with Gasteiger partial charge in [-0.25, -0.2) is 13.1 Å². The highest BCUT2D eigenvalue weighted by Gasteiger charge is 2.13. The summed E-state index contributed by atoms with van der Waals surface area (Å²) in [6.45, 7) is 2.39. The van der Waals surface area contributed by atoms with Crippen LogP contribution in [0.4, 0.5) is 11.4 Å². The van der Waals surface area contributed by atoms with Crippen LogP contribution in [0.2, 0.25) is 0 Å². The van der Waals surface area contributed by atoms with Crippen LogP contribution in [0.15, 0.2) is 53.4 Å². The first-order valence-corrected chi connectivity index (χ1v) is 10.3. The monoisotopic (exact) mass is 406 g/mol. The van der Waals surface area contributed by atoms with Crippen molar-refractivity contribution in [3.05, 3.63) is 54.1 Å². The van der Waals surface area contributed by atoms with E-state index in [1.807, 2.05) is 6.92 Å². The zero-order valence-electron chi connectivity index (χ0n) is 14.9. The zero-order chi connectivity index (χ0) is 19.9. The molecular weight excluding hydrogens is 384 g/mol. The standard InChI is InChI=1S/C18H22N4O3S2/c1-2-3-11-20-27(24,25)16-6-4-5-15(12-16)22-18(26)21-14-9-7-13(8-10-14)17(19)23/h4-10,12,20H,2-3,11H2,1H3,(H2,19,23)(H2,21,22,26). The molecule has 0 aliphatic rings. The first kappa shape index (κ1) is 20.8. The largest absolute Gasteiger partial charge is 0.366 e. The average molecular weight is 407 g/mol. The molecule has 0 saturated heterocycles. The van der Waals surface area contributed by atoms with E-state index in [-0.39, 0.29) is 10.0 Å². The molecule has 5 N–H and O–H groups in total. The predicted octanol–water partition coefficient (Wildman–Crippen LogP) is 2.67. The van der Waals surface area contributed by atoms with Crippen LogP contribution < -0.4 is 21.1 Å². The molecular formula is C18H22N4O3S2. The van der Waals surface area contributed by atoms with Gasteiger partial charge in [-0.15, -0.1) is 0 Å². The number of nitrogens with two attached hydrogens (primary N) is 1. The summed E-state index contributed by atoms with van der Waals surface area (Å²) in [4.78, 5) is 11.2. The smallest absolute Gasteiger partial charge is 0.248 e. The summed E-state index contributed by atoms with van der Waals surface area (Å²) in [5.41, 5.74) is 6.81. The first-order valence-electron chi connectivity index (χ1n) is 8.39. The molecule has 0 spiro atoms. The average Bonchev–Trinajstić information content (AvgIpc) is 2.62. The molecule has 27 heavy (non-hydrogen) atoms. The van der Waals surface area contributed by atoms with Gasteiger partial charge in [-0.1, -0.05) is 19.4 Å². The minimum absolute atomic E-state index is 0.164. The van der Waals surface area contributed by atoms with E-state index in [9.17, 15) is 13.2 Å². The summed E-state index contributed by atoms with van der Waals surface area (Å²) in [7, 11) is -3.56. The van der Waals surface area contributed by atoms with E-state index in [4.69, 9.17) is 18.0 Å². The Morgan fingerprint density at radius 3 is 2.37 bits per heavy atom. The number of hydrogen-bond acceptors (Lipinski definition) is 4. The molecule has 0 saturated carbocycles. The quantitative estimate of drug-likeness (QED) is 0.396. The fourth-order valence-corrected chi connectivity index (χ4v) is 3.57. The maximum atomic E-state index is 12.3. The van der Waals surface area contributed by atoms with E-state index < -0.39 is 15.9 Å². The van der Waals surface area contributed by atoms with Gasteiger partial charge in [0.05, 0.1) is 4.90 Å². The number of amides is 1. The highest BCUT2D eigenvalue weighted by molar-refractivity contribution is 7.89. The number of sulfonamides is 1. The maximum Gasteiger partial charge on any atom is 0.248 e. The number of hydrogen-bond donors (Lipinski definition) is 4. The second-order valence-corrected chi connectivity index (χ2v) is 7.98. The highest BCUT2D eigenvalue weighted by atomic mass is 32.2. The molecule has 0 aliphatic heterocycles. The summed E-state index contributed by atoms with van der Waals surface area (Å²) < 4.78 is 27.2. The lowest BCUT2D eigenvalue weighted by Crippen LogP contribution is -2.25. The Morgan fingerprint density at radius 1 is 1.07 bits per heavy atom. The minimum Gasteiger partial charge on any atom is -0.366 e. The van der Waals surface area contributed by atoms with Gasteiger partial charge in [0.15, 0.2) is 5.11 Å². The van der Waals surface area contributed by atoms with Crippen molar-refractivity contribution < 1.29 is 13.2 Å². The van der Waals surface area contributed by atoms with E-state index in [1.54, 1.807) is 36.4 Å². The molecule has 2 aromatic carbocycles. The minimum atomic E-state index is -3.56. The molecule has 0 bridgehead atoms. The Labute approximate surface area is 164 Å². The summed E-state index contributed by atoms with van der Waals surface area (Å²) in [6, 6.07) is 12.9. The van der Waals surface area contributed by atoms with Crippen molar-refractivity contribution in [1.82, 2.24) is 4.72 Å². The molecule has 2 rings (SSSR count). The Bertz CT molecular complexity index is 912. The van der Waals surface area contributed by atoms with E-state index in [2.05, 4.69) is 15.4 Å². The molecule has 0 atom stereocenters. The van der Waals surface area contributed by atoms with Crippen LogP contribution >= 0.6 is 12.2 Å². The van der Waals surface area contributed by atoms with Gasteiger partial charge in [0.1, 0.15) is 0 Å². The molecule has 9 heteroatoms. The number of unbranched alkanes of at least 4 members (excludes halogenated alkanes) is 1. The van der Waals surface area contributed by atoms with Crippen LogP contribution in [0.1, 0.15) is 30.1 Å². The molecule has 1 amide bonds. The van der Waals surface area contributed by atoms with Crippen molar-refractivity contribution >= 4 is 44.6 Å². The van der Waals surface area contributed by atoms with Crippen LogP contribution in [0.25, 0.3) is 0 Å². The van der Waals surface area contributed by atoms with Crippen molar-refractivity contribution in [2.75, 3.05) is 17.2 Å². The molecule has 0 fully saturated rings. The van der Waals surface area contributed by atoms with Crippen LogP contribution in [-0.2, 0) is 10.0 Å². The fourth-order valence-electron chi connectivity index (χ4n) is 2.22. The Balaban J connectivity index is 2.02. The number of nitrogens with one attached hydrogen (secondary N) is 3. The zero-order valence-corrected chi connectivity index (χ0v) is 16.5. The molecule has 2 aromatic rings. The van der Waals surface area contributed by atoms with Gasteiger partial charge >= 0.3 is 0 Å². The van der Waals surface area contributed by atoms with Gasteiger partial charge in [-0.2, -0.15) is 0 Å². The van der Waals surface area contributed by atoms with Gasteiger partial charge in [0.25, 0.3) is 0 Å². The van der Waals surface area contributed by atoms with E-state index >= 15 is 0 Å². The van der Waals surface area contributed by atoms with Gasteiger partial charge in [0.2, 0.25) is 15.9 Å². The van der Waals surface area contributed by atoms with Crippen molar-refractivity contribution in [3.63, 3.8) is 0 Å². The van der Waals surface area contributed by atoms with Gasteiger partial charge in [0, 0.05) is 23.5 Å². The van der Waals surface area contributed by atoms with Crippen molar-refractivity contribution in [2.24, 2.45) is 5.73 Å². The summed E-state index contributed by atoms with van der Waals surface area (Å²) in [6.07, 6.45) is 1.68. The summed E-state index contributed by atoms with van der Waals surface area (Å²) in [5, 5.41) is 6.19. The van der Waals surface area contributed by atoms with E-state index in [0.717, 1.165) is 12.8 Å². The van der Waals surface area contributed by atoms with Crippen molar-refractivity contribution in [3.8, 4) is 0 Å². The third kappa shape index (κ3) is 6.31. The molecule has 0 heterocycles. The van der Waals surface area contributed by atoms with Crippen LogP contribution in [0, 0.1) is 0 Å². The van der Waals surface area contributed by atoms with Gasteiger partial charge in [-0.3, -0.25) is 4.79 Å². The molecule has 144 valence electrons. The van der Waals surface area contributed by atoms with E-state index in [1.165, 1.54) is 12.1 Å². The SMILES string of the molecule is CCCCNS(=O)(=O)c1cccc(NC(=S)Nc2ccc(C(N)=O)cc2)c1. The molecule has 0 radical (unpaired) electrons. The third-order valence-corrected chi connectivity index (χ3v) is 5.31. The summed E-state index contributed by atoms with van der Waals surface area (Å²) in [5.74, 6) is -0.507. The highest BCUT2D eigenvalue weighted by Crippen LogP contribution is 2.16. The molecule has 0 aliphatic carbocycles.